The standard InChI is InChI=1S/C12H16O3/c1-3-10(12(14)15-2)8-9-4-6-11(13)7-5-9/h4-7,10,13H,3,8H2,1-2H3/t10-/m0/s1. The molecular weight excluding hydrogens is 192 g/mol. The van der Waals surface area contributed by atoms with Crippen molar-refractivity contribution in [3.8, 4) is 5.75 Å². The number of hydrogen-bond acceptors (Lipinski definition) is 3. The highest BCUT2D eigenvalue weighted by Crippen LogP contribution is 2.16. The van der Waals surface area contributed by atoms with Gasteiger partial charge in [0.1, 0.15) is 5.75 Å². The van der Waals surface area contributed by atoms with Crippen LogP contribution in [0.15, 0.2) is 24.3 Å². The maximum Gasteiger partial charge on any atom is 0.308 e. The van der Waals surface area contributed by atoms with Crippen molar-refractivity contribution in [3.63, 3.8) is 0 Å². The van der Waals surface area contributed by atoms with E-state index in [-0.39, 0.29) is 17.6 Å². The van der Waals surface area contributed by atoms with Gasteiger partial charge in [0.25, 0.3) is 0 Å². The summed E-state index contributed by atoms with van der Waals surface area (Å²) in [4.78, 5) is 11.3. The SMILES string of the molecule is CC[C@@H](Cc1ccc(O)cc1)C(=O)OC. The van der Waals surface area contributed by atoms with Crippen molar-refractivity contribution in [2.75, 3.05) is 7.11 Å². The Balaban J connectivity index is 2.66. The molecule has 0 amide bonds. The van der Waals surface area contributed by atoms with E-state index in [2.05, 4.69) is 0 Å². The molecular formula is C12H16O3. The first-order chi connectivity index (χ1) is 7.17. The third kappa shape index (κ3) is 3.27. The summed E-state index contributed by atoms with van der Waals surface area (Å²) in [5.74, 6) is -0.0324. The first-order valence-corrected chi connectivity index (χ1v) is 5.03. The lowest BCUT2D eigenvalue weighted by Crippen LogP contribution is -2.17. The Morgan fingerprint density at radius 2 is 2.00 bits per heavy atom. The molecule has 1 N–H and O–H groups in total. The summed E-state index contributed by atoms with van der Waals surface area (Å²) in [5.41, 5.74) is 1.03. The maximum absolute atomic E-state index is 11.3. The molecule has 0 radical (unpaired) electrons. The number of methoxy groups -OCH3 is 1. The molecule has 0 heterocycles. The van der Waals surface area contributed by atoms with Gasteiger partial charge in [0.05, 0.1) is 13.0 Å². The predicted molar refractivity (Wildman–Crippen MR) is 57.6 cm³/mol. The Kier molecular flexibility index (Phi) is 4.16. The molecule has 3 heteroatoms. The number of carbonyl (C=O) groups excluding carboxylic acids is 1. The van der Waals surface area contributed by atoms with Gasteiger partial charge in [-0.05, 0) is 30.5 Å². The van der Waals surface area contributed by atoms with Gasteiger partial charge in [-0.1, -0.05) is 19.1 Å². The number of rotatable bonds is 4. The Morgan fingerprint density at radius 1 is 1.40 bits per heavy atom. The van der Waals surface area contributed by atoms with Gasteiger partial charge in [-0.15, -0.1) is 0 Å². The molecule has 0 aromatic heterocycles. The number of phenols is 1. The van der Waals surface area contributed by atoms with Crippen LogP contribution in [0, 0.1) is 5.92 Å². The zero-order chi connectivity index (χ0) is 11.3. The van der Waals surface area contributed by atoms with Crippen molar-refractivity contribution in [1.82, 2.24) is 0 Å². The van der Waals surface area contributed by atoms with Gasteiger partial charge in [0, 0.05) is 0 Å². The van der Waals surface area contributed by atoms with E-state index in [4.69, 9.17) is 9.84 Å². The van der Waals surface area contributed by atoms with Crippen molar-refractivity contribution in [2.45, 2.75) is 19.8 Å². The third-order valence-corrected chi connectivity index (χ3v) is 2.45. The Bertz CT molecular complexity index is 316. The summed E-state index contributed by atoms with van der Waals surface area (Å²) in [5, 5.41) is 9.11. The summed E-state index contributed by atoms with van der Waals surface area (Å²) < 4.78 is 4.71. The van der Waals surface area contributed by atoms with Crippen molar-refractivity contribution in [2.24, 2.45) is 5.92 Å². The average Bonchev–Trinajstić information content (AvgIpc) is 2.27. The largest absolute Gasteiger partial charge is 0.508 e. The number of carbonyl (C=O) groups is 1. The maximum atomic E-state index is 11.3. The number of aromatic hydroxyl groups is 1. The van der Waals surface area contributed by atoms with Crippen LogP contribution < -0.4 is 0 Å². The molecule has 0 aliphatic rings. The van der Waals surface area contributed by atoms with Gasteiger partial charge in [-0.25, -0.2) is 0 Å². The number of benzene rings is 1. The first kappa shape index (κ1) is 11.6. The molecule has 1 atom stereocenters. The van der Waals surface area contributed by atoms with E-state index in [1.54, 1.807) is 12.1 Å². The summed E-state index contributed by atoms with van der Waals surface area (Å²) in [6, 6.07) is 6.89. The Labute approximate surface area is 89.7 Å². The minimum absolute atomic E-state index is 0.0976. The van der Waals surface area contributed by atoms with Crippen LogP contribution in [0.4, 0.5) is 0 Å². The molecule has 3 nitrogen and oxygen atoms in total. The van der Waals surface area contributed by atoms with E-state index in [1.807, 2.05) is 19.1 Å². The molecule has 0 aliphatic carbocycles. The smallest absolute Gasteiger partial charge is 0.308 e. The van der Waals surface area contributed by atoms with Crippen LogP contribution in [-0.2, 0) is 16.0 Å². The van der Waals surface area contributed by atoms with Crippen molar-refractivity contribution < 1.29 is 14.6 Å². The highest BCUT2D eigenvalue weighted by molar-refractivity contribution is 5.72. The normalized spacial score (nSPS) is 12.1. The predicted octanol–water partition coefficient (Wildman–Crippen LogP) is 2.13. The zero-order valence-corrected chi connectivity index (χ0v) is 9.06. The lowest BCUT2D eigenvalue weighted by atomic mass is 9.97. The van der Waals surface area contributed by atoms with Gasteiger partial charge >= 0.3 is 5.97 Å². The molecule has 82 valence electrons. The highest BCUT2D eigenvalue weighted by atomic mass is 16.5. The van der Waals surface area contributed by atoms with Crippen LogP contribution in [-0.4, -0.2) is 18.2 Å². The van der Waals surface area contributed by atoms with Crippen LogP contribution in [0.5, 0.6) is 5.75 Å². The summed E-state index contributed by atoms with van der Waals surface area (Å²) >= 11 is 0. The number of esters is 1. The van der Waals surface area contributed by atoms with Gasteiger partial charge < -0.3 is 9.84 Å². The van der Waals surface area contributed by atoms with E-state index in [0.717, 1.165) is 12.0 Å². The molecule has 1 aromatic rings. The van der Waals surface area contributed by atoms with Crippen LogP contribution in [0.3, 0.4) is 0 Å². The first-order valence-electron chi connectivity index (χ1n) is 5.03. The van der Waals surface area contributed by atoms with Crippen molar-refractivity contribution in [3.05, 3.63) is 29.8 Å². The second-order valence-electron chi connectivity index (χ2n) is 3.50. The second kappa shape index (κ2) is 5.39. The van der Waals surface area contributed by atoms with Crippen LogP contribution in [0.1, 0.15) is 18.9 Å². The third-order valence-electron chi connectivity index (χ3n) is 2.45. The van der Waals surface area contributed by atoms with Crippen LogP contribution in [0.2, 0.25) is 0 Å². The Morgan fingerprint density at radius 3 is 2.47 bits per heavy atom. The van der Waals surface area contributed by atoms with Gasteiger partial charge in [-0.2, -0.15) is 0 Å². The summed E-state index contributed by atoms with van der Waals surface area (Å²) in [7, 11) is 1.40. The zero-order valence-electron chi connectivity index (χ0n) is 9.06. The fourth-order valence-corrected chi connectivity index (χ4v) is 1.48. The van der Waals surface area contributed by atoms with E-state index in [0.29, 0.717) is 6.42 Å². The van der Waals surface area contributed by atoms with Crippen LogP contribution in [0.25, 0.3) is 0 Å². The molecule has 0 saturated carbocycles. The molecule has 0 saturated heterocycles. The number of ether oxygens (including phenoxy) is 1. The van der Waals surface area contributed by atoms with Gasteiger partial charge in [0.15, 0.2) is 0 Å². The van der Waals surface area contributed by atoms with E-state index in [1.165, 1.54) is 7.11 Å². The summed E-state index contributed by atoms with van der Waals surface area (Å²) in [6.45, 7) is 1.96. The number of hydrogen-bond donors (Lipinski definition) is 1. The van der Waals surface area contributed by atoms with E-state index in [9.17, 15) is 4.79 Å². The molecule has 1 aromatic carbocycles. The van der Waals surface area contributed by atoms with Gasteiger partial charge in [0.2, 0.25) is 0 Å². The fraction of sp³-hybridized carbons (Fsp3) is 0.417. The molecule has 0 unspecified atom stereocenters. The Hall–Kier alpha value is -1.51. The highest BCUT2D eigenvalue weighted by Gasteiger charge is 2.17. The van der Waals surface area contributed by atoms with Crippen LogP contribution >= 0.6 is 0 Å². The monoisotopic (exact) mass is 208 g/mol. The molecule has 0 aliphatic heterocycles. The molecule has 0 fully saturated rings. The molecule has 0 bridgehead atoms. The van der Waals surface area contributed by atoms with Crippen molar-refractivity contribution in [1.29, 1.82) is 0 Å². The lowest BCUT2D eigenvalue weighted by molar-refractivity contribution is -0.145. The number of phenolic OH excluding ortho intramolecular Hbond substituents is 1. The molecule has 15 heavy (non-hydrogen) atoms. The lowest BCUT2D eigenvalue weighted by Gasteiger charge is -2.12. The second-order valence-corrected chi connectivity index (χ2v) is 3.50. The van der Waals surface area contributed by atoms with Gasteiger partial charge in [-0.3, -0.25) is 4.79 Å². The van der Waals surface area contributed by atoms with E-state index < -0.39 is 0 Å². The quantitative estimate of drug-likeness (QED) is 0.771. The average molecular weight is 208 g/mol. The molecule has 1 rings (SSSR count). The minimum atomic E-state index is -0.175. The van der Waals surface area contributed by atoms with Crippen molar-refractivity contribution >= 4 is 5.97 Å². The fourth-order valence-electron chi connectivity index (χ4n) is 1.48. The topological polar surface area (TPSA) is 46.5 Å². The van der Waals surface area contributed by atoms with E-state index >= 15 is 0 Å². The minimum Gasteiger partial charge on any atom is -0.508 e. The molecule has 0 spiro atoms. The summed E-state index contributed by atoms with van der Waals surface area (Å²) in [6.07, 6.45) is 1.41.